The molecule has 0 N–H and O–H groups in total. The Kier molecular flexibility index (Phi) is 6.11. The van der Waals surface area contributed by atoms with E-state index in [0.717, 1.165) is 15.1 Å². The van der Waals surface area contributed by atoms with E-state index in [1.54, 1.807) is 0 Å². The first kappa shape index (κ1) is 19.6. The Balaban J connectivity index is 2.04. The van der Waals surface area contributed by atoms with Gasteiger partial charge in [-0.2, -0.15) is 0 Å². The lowest BCUT2D eigenvalue weighted by atomic mass is 10.2. The zero-order valence-electron chi connectivity index (χ0n) is 15.3. The Hall–Kier alpha value is -1.73. The van der Waals surface area contributed by atoms with Crippen LogP contribution in [0.25, 0.3) is 0 Å². The van der Waals surface area contributed by atoms with Crippen LogP contribution in [0.4, 0.5) is 0 Å². The molecular formula is C25H20Br2P+. The highest BCUT2D eigenvalue weighted by molar-refractivity contribution is 9.11. The summed E-state index contributed by atoms with van der Waals surface area (Å²) in [4.78, 5) is 0. The lowest BCUT2D eigenvalue weighted by molar-refractivity contribution is 1.33. The van der Waals surface area contributed by atoms with Crippen LogP contribution in [0.1, 0.15) is 5.56 Å². The molecule has 138 valence electrons. The van der Waals surface area contributed by atoms with Gasteiger partial charge in [-0.15, -0.1) is 0 Å². The predicted octanol–water partition coefficient (Wildman–Crippen LogP) is 6.71. The van der Waals surface area contributed by atoms with Gasteiger partial charge in [-0.1, -0.05) is 92.5 Å². The number of benzene rings is 4. The second-order valence-corrected chi connectivity index (χ2v) is 11.9. The fraction of sp³-hybridized carbons (Fsp3) is 0.0400. The molecule has 0 bridgehead atoms. The molecule has 0 aliphatic heterocycles. The molecule has 3 heteroatoms. The minimum absolute atomic E-state index is 0.951. The molecule has 4 rings (SSSR count). The average molecular weight is 511 g/mol. The van der Waals surface area contributed by atoms with Crippen LogP contribution in [0.3, 0.4) is 0 Å². The molecule has 0 aromatic heterocycles. The second kappa shape index (κ2) is 8.74. The van der Waals surface area contributed by atoms with Gasteiger partial charge in [0.2, 0.25) is 0 Å². The quantitative estimate of drug-likeness (QED) is 0.262. The van der Waals surface area contributed by atoms with E-state index in [4.69, 9.17) is 0 Å². The van der Waals surface area contributed by atoms with E-state index in [9.17, 15) is 0 Å². The first-order chi connectivity index (χ1) is 13.7. The van der Waals surface area contributed by atoms with Crippen molar-refractivity contribution < 1.29 is 0 Å². The van der Waals surface area contributed by atoms with Gasteiger partial charge < -0.3 is 0 Å². The van der Waals surface area contributed by atoms with Gasteiger partial charge in [0.05, 0.1) is 0 Å². The van der Waals surface area contributed by atoms with Gasteiger partial charge in [-0.3, -0.25) is 0 Å². The van der Waals surface area contributed by atoms with Crippen LogP contribution < -0.4 is 15.9 Å². The third-order valence-electron chi connectivity index (χ3n) is 5.05. The lowest BCUT2D eigenvalue weighted by Crippen LogP contribution is -2.32. The predicted molar refractivity (Wildman–Crippen MR) is 131 cm³/mol. The van der Waals surface area contributed by atoms with Gasteiger partial charge in [-0.25, -0.2) is 0 Å². The van der Waals surface area contributed by atoms with Gasteiger partial charge in [0.15, 0.2) is 0 Å². The highest BCUT2D eigenvalue weighted by Crippen LogP contribution is 2.59. The Morgan fingerprint density at radius 1 is 0.464 bits per heavy atom. The first-order valence-electron chi connectivity index (χ1n) is 9.19. The van der Waals surface area contributed by atoms with E-state index in [-0.39, 0.29) is 0 Å². The van der Waals surface area contributed by atoms with Crippen molar-refractivity contribution >= 4 is 55.0 Å². The third kappa shape index (κ3) is 3.74. The maximum atomic E-state index is 3.81. The van der Waals surface area contributed by atoms with Gasteiger partial charge in [-0.05, 0) is 48.5 Å². The topological polar surface area (TPSA) is 0 Å². The molecule has 0 spiro atoms. The van der Waals surface area contributed by atoms with Crippen molar-refractivity contribution in [2.24, 2.45) is 0 Å². The minimum Gasteiger partial charge on any atom is -0.0620 e. The fourth-order valence-corrected chi connectivity index (χ4v) is 9.70. The molecule has 28 heavy (non-hydrogen) atoms. The van der Waals surface area contributed by atoms with Gasteiger partial charge >= 0.3 is 0 Å². The zero-order chi connectivity index (χ0) is 19.4. The standard InChI is InChI=1S/C25H20Br2P/c26-24-17-10-18-25(27)23(24)19-28(20-11-4-1-5-12-20,21-13-6-2-7-14-21)22-15-8-3-9-16-22/h1-18H,19H2/q+1. The van der Waals surface area contributed by atoms with E-state index in [2.05, 4.69) is 141 Å². The molecule has 0 amide bonds. The van der Waals surface area contributed by atoms with Crippen LogP contribution in [-0.4, -0.2) is 0 Å². The Morgan fingerprint density at radius 2 is 0.821 bits per heavy atom. The summed E-state index contributed by atoms with van der Waals surface area (Å²) in [6, 6.07) is 39.3. The van der Waals surface area contributed by atoms with E-state index < -0.39 is 7.26 Å². The van der Waals surface area contributed by atoms with Crippen molar-refractivity contribution in [3.05, 3.63) is 124 Å². The summed E-state index contributed by atoms with van der Waals surface area (Å²) in [5, 5.41) is 4.19. The number of rotatable bonds is 5. The molecule has 0 aliphatic rings. The number of hydrogen-bond acceptors (Lipinski definition) is 0. The monoisotopic (exact) mass is 509 g/mol. The van der Waals surface area contributed by atoms with Crippen molar-refractivity contribution in [3.63, 3.8) is 0 Å². The first-order valence-corrected chi connectivity index (χ1v) is 12.8. The normalized spacial score (nSPS) is 11.4. The smallest absolute Gasteiger partial charge is 0.0620 e. The lowest BCUT2D eigenvalue weighted by Gasteiger charge is -2.28. The molecule has 0 saturated carbocycles. The van der Waals surface area contributed by atoms with E-state index >= 15 is 0 Å². The molecule has 0 saturated heterocycles. The summed E-state index contributed by atoms with van der Waals surface area (Å²) in [5.41, 5.74) is 1.31. The SMILES string of the molecule is Brc1cccc(Br)c1C[P+](c1ccccc1)(c1ccccc1)c1ccccc1. The van der Waals surface area contributed by atoms with Crippen LogP contribution >= 0.6 is 39.1 Å². The Bertz CT molecular complexity index is 931. The fourth-order valence-electron chi connectivity index (χ4n) is 3.69. The highest BCUT2D eigenvalue weighted by atomic mass is 79.9. The van der Waals surface area contributed by atoms with Gasteiger partial charge in [0.25, 0.3) is 0 Å². The van der Waals surface area contributed by atoms with Crippen LogP contribution in [-0.2, 0) is 6.16 Å². The largest absolute Gasteiger partial charge is 0.116 e. The summed E-state index contributed by atoms with van der Waals surface area (Å²) in [5.74, 6) is 0. The molecule has 0 heterocycles. The summed E-state index contributed by atoms with van der Waals surface area (Å²) in [6.45, 7) is 0. The molecule has 4 aromatic carbocycles. The third-order valence-corrected chi connectivity index (χ3v) is 10.9. The molecule has 0 fully saturated rings. The van der Waals surface area contributed by atoms with E-state index in [0.29, 0.717) is 0 Å². The van der Waals surface area contributed by atoms with Crippen LogP contribution in [0.5, 0.6) is 0 Å². The molecule has 0 atom stereocenters. The second-order valence-electron chi connectivity index (χ2n) is 6.67. The van der Waals surface area contributed by atoms with Crippen molar-refractivity contribution in [2.45, 2.75) is 6.16 Å². The molecular weight excluding hydrogens is 491 g/mol. The maximum Gasteiger partial charge on any atom is 0.116 e. The van der Waals surface area contributed by atoms with Crippen molar-refractivity contribution in [3.8, 4) is 0 Å². The zero-order valence-corrected chi connectivity index (χ0v) is 19.4. The van der Waals surface area contributed by atoms with Crippen LogP contribution in [0.2, 0.25) is 0 Å². The van der Waals surface area contributed by atoms with Crippen molar-refractivity contribution in [1.82, 2.24) is 0 Å². The van der Waals surface area contributed by atoms with Crippen molar-refractivity contribution in [1.29, 1.82) is 0 Å². The summed E-state index contributed by atoms with van der Waals surface area (Å²) in [7, 11) is -1.89. The highest BCUT2D eigenvalue weighted by Gasteiger charge is 2.46. The Morgan fingerprint density at radius 3 is 1.18 bits per heavy atom. The number of hydrogen-bond donors (Lipinski definition) is 0. The molecule has 0 unspecified atom stereocenters. The van der Waals surface area contributed by atoms with Gasteiger partial charge in [0.1, 0.15) is 29.3 Å². The molecule has 4 aromatic rings. The number of halogens is 2. The average Bonchev–Trinajstić information content (AvgIpc) is 2.76. The van der Waals surface area contributed by atoms with Crippen LogP contribution in [0, 0.1) is 0 Å². The summed E-state index contributed by atoms with van der Waals surface area (Å²) >= 11 is 7.61. The maximum absolute atomic E-state index is 3.81. The molecule has 0 radical (unpaired) electrons. The summed E-state index contributed by atoms with van der Waals surface area (Å²) < 4.78 is 2.29. The van der Waals surface area contributed by atoms with Gasteiger partial charge in [0, 0.05) is 14.5 Å². The molecule has 0 nitrogen and oxygen atoms in total. The molecule has 0 aliphatic carbocycles. The van der Waals surface area contributed by atoms with E-state index in [1.807, 2.05) is 0 Å². The minimum atomic E-state index is -1.89. The Labute approximate surface area is 184 Å². The summed E-state index contributed by atoms with van der Waals surface area (Å²) in [6.07, 6.45) is 0.951. The van der Waals surface area contributed by atoms with Crippen LogP contribution in [0.15, 0.2) is 118 Å². The van der Waals surface area contributed by atoms with Crippen molar-refractivity contribution in [2.75, 3.05) is 0 Å². The van der Waals surface area contributed by atoms with E-state index in [1.165, 1.54) is 21.5 Å².